The molecule has 3 heteroatoms. The number of benzene rings is 2. The van der Waals surface area contributed by atoms with E-state index in [0.29, 0.717) is 0 Å². The van der Waals surface area contributed by atoms with Crippen LogP contribution in [0.15, 0.2) is 42.5 Å². The third kappa shape index (κ3) is 4.41. The Morgan fingerprint density at radius 1 is 0.947 bits per heavy atom. The maximum Gasteiger partial charge on any atom is 1.00 e. The van der Waals surface area contributed by atoms with E-state index in [1.807, 2.05) is 44.2 Å². The number of hydrogen-bond donors (Lipinski definition) is 0. The molecule has 0 bridgehead atoms. The molecule has 2 atom stereocenters. The van der Waals surface area contributed by atoms with Crippen LogP contribution in [-0.2, 0) is 0 Å². The summed E-state index contributed by atoms with van der Waals surface area (Å²) in [5.41, 5.74) is 4.44. The van der Waals surface area contributed by atoms with Crippen LogP contribution in [0.2, 0.25) is 0 Å². The molecule has 0 aliphatic carbocycles. The van der Waals surface area contributed by atoms with E-state index in [2.05, 4.69) is 19.1 Å². The van der Waals surface area contributed by atoms with E-state index < -0.39 is 5.85 Å². The minimum absolute atomic E-state index is 0. The summed E-state index contributed by atoms with van der Waals surface area (Å²) in [6.07, 6.45) is 0. The van der Waals surface area contributed by atoms with Crippen molar-refractivity contribution in [2.45, 2.75) is 26.6 Å². The van der Waals surface area contributed by atoms with Crippen LogP contribution in [0.5, 0.6) is 0 Å². The predicted molar refractivity (Wildman–Crippen MR) is 77.8 cm³/mol. The average molecular weight is 280 g/mol. The van der Waals surface area contributed by atoms with Gasteiger partial charge in [0.05, 0.1) is 0 Å². The fourth-order valence-corrected chi connectivity index (χ4v) is 3.65. The Labute approximate surface area is 139 Å². The van der Waals surface area contributed by atoms with Gasteiger partial charge in [-0.1, -0.05) is 68.0 Å². The van der Waals surface area contributed by atoms with Crippen LogP contribution in [-0.4, -0.2) is 0 Å². The van der Waals surface area contributed by atoms with Crippen LogP contribution in [0.3, 0.4) is 0 Å². The number of aryl methyl sites for hydroxylation is 3. The van der Waals surface area contributed by atoms with Gasteiger partial charge in [0.1, 0.15) is 0 Å². The zero-order chi connectivity index (χ0) is 13.1. The Kier molecular flexibility index (Phi) is 6.73. The van der Waals surface area contributed by atoms with Crippen molar-refractivity contribution in [3.8, 4) is 0 Å². The van der Waals surface area contributed by atoms with Gasteiger partial charge in [0, 0.05) is 0 Å². The quantitative estimate of drug-likeness (QED) is 0.572. The Hall–Kier alpha value is -0.170. The van der Waals surface area contributed by atoms with Crippen LogP contribution in [0.4, 0.5) is 0 Å². The van der Waals surface area contributed by atoms with Crippen LogP contribution >= 0.6 is 8.58 Å². The van der Waals surface area contributed by atoms with Crippen molar-refractivity contribution in [3.63, 3.8) is 0 Å². The van der Waals surface area contributed by atoms with E-state index >= 15 is 0 Å². The molecule has 0 radical (unpaired) electrons. The molecule has 0 fully saturated rings. The van der Waals surface area contributed by atoms with Crippen molar-refractivity contribution in [1.82, 2.24) is 0 Å². The van der Waals surface area contributed by atoms with Crippen molar-refractivity contribution in [2.75, 3.05) is 0 Å². The first-order chi connectivity index (χ1) is 8.58. The van der Waals surface area contributed by atoms with Gasteiger partial charge in [-0.15, -0.1) is 0 Å². The molecule has 2 unspecified atom stereocenters. The van der Waals surface area contributed by atoms with Gasteiger partial charge in [-0.05, 0) is 37.2 Å². The Bertz CT molecular complexity index is 517. The number of rotatable bonds is 3. The fourth-order valence-electron chi connectivity index (χ4n) is 2.36. The Morgan fingerprint density at radius 3 is 2.00 bits per heavy atom. The standard InChI is InChI=1S/C16H18OP.Na/c1-11-9-12(2)15(13(3)10-11)16(17)18-14-7-5-4-6-8-14;/h4-10,16,18H,1-3H3;/q-1;+1. The molecule has 0 aliphatic heterocycles. The summed E-state index contributed by atoms with van der Waals surface area (Å²) in [6, 6.07) is 14.2. The van der Waals surface area contributed by atoms with Gasteiger partial charge in [-0.25, -0.2) is 0 Å². The largest absolute Gasteiger partial charge is 1.00 e. The van der Waals surface area contributed by atoms with Gasteiger partial charge in [0.15, 0.2) is 0 Å². The molecular weight excluding hydrogens is 262 g/mol. The zero-order valence-electron chi connectivity index (χ0n) is 12.0. The average Bonchev–Trinajstić information content (AvgIpc) is 2.28. The first-order valence-corrected chi connectivity index (χ1v) is 7.21. The van der Waals surface area contributed by atoms with Gasteiger partial charge in [-0.3, -0.25) is 0 Å². The monoisotopic (exact) mass is 280 g/mol. The van der Waals surface area contributed by atoms with Crippen LogP contribution in [0.25, 0.3) is 0 Å². The van der Waals surface area contributed by atoms with Crippen LogP contribution in [0, 0.1) is 20.8 Å². The second-order valence-corrected chi connectivity index (χ2v) is 6.09. The summed E-state index contributed by atoms with van der Waals surface area (Å²) in [5.74, 6) is -0.645. The number of hydrogen-bond acceptors (Lipinski definition) is 1. The third-order valence-electron chi connectivity index (χ3n) is 3.07. The molecule has 1 nitrogen and oxygen atoms in total. The molecule has 0 aliphatic rings. The summed E-state index contributed by atoms with van der Waals surface area (Å²) in [4.78, 5) is 0. The molecular formula is C16H18NaOP. The molecule has 19 heavy (non-hydrogen) atoms. The van der Waals surface area contributed by atoms with E-state index in [4.69, 9.17) is 0 Å². The van der Waals surface area contributed by atoms with Crippen molar-refractivity contribution in [1.29, 1.82) is 0 Å². The topological polar surface area (TPSA) is 23.1 Å². The molecule has 0 N–H and O–H groups in total. The van der Waals surface area contributed by atoms with E-state index in [0.717, 1.165) is 22.0 Å². The molecule has 2 aromatic carbocycles. The smallest absolute Gasteiger partial charge is 0.845 e. The molecule has 2 aromatic rings. The first-order valence-electron chi connectivity index (χ1n) is 6.13. The molecule has 2 rings (SSSR count). The first kappa shape index (κ1) is 16.9. The van der Waals surface area contributed by atoms with Gasteiger partial charge in [0.25, 0.3) is 0 Å². The van der Waals surface area contributed by atoms with E-state index in [1.165, 1.54) is 5.56 Å². The molecule has 0 saturated carbocycles. The van der Waals surface area contributed by atoms with Crippen molar-refractivity contribution in [2.24, 2.45) is 0 Å². The Balaban J connectivity index is 0.00000180. The molecule has 0 heterocycles. The second kappa shape index (κ2) is 7.57. The SMILES string of the molecule is Cc1cc(C)c(C([O-])Pc2ccccc2)c(C)c1.[Na+]. The fraction of sp³-hybridized carbons (Fsp3) is 0.250. The van der Waals surface area contributed by atoms with E-state index in [9.17, 15) is 5.11 Å². The Morgan fingerprint density at radius 2 is 1.47 bits per heavy atom. The second-order valence-electron chi connectivity index (χ2n) is 4.70. The molecule has 0 amide bonds. The van der Waals surface area contributed by atoms with E-state index in [-0.39, 0.29) is 38.1 Å². The molecule has 0 spiro atoms. The van der Waals surface area contributed by atoms with Gasteiger partial charge >= 0.3 is 29.6 Å². The summed E-state index contributed by atoms with van der Waals surface area (Å²) in [6.45, 7) is 6.15. The van der Waals surface area contributed by atoms with Crippen molar-refractivity contribution in [3.05, 3.63) is 64.7 Å². The third-order valence-corrected chi connectivity index (χ3v) is 4.29. The summed E-state index contributed by atoms with van der Waals surface area (Å²) in [7, 11) is 0.290. The van der Waals surface area contributed by atoms with Crippen molar-refractivity contribution >= 4 is 13.9 Å². The van der Waals surface area contributed by atoms with Gasteiger partial charge < -0.3 is 5.11 Å². The maximum atomic E-state index is 12.5. The maximum absolute atomic E-state index is 12.5. The minimum Gasteiger partial charge on any atom is -0.845 e. The van der Waals surface area contributed by atoms with Crippen molar-refractivity contribution < 1.29 is 34.7 Å². The molecule has 0 saturated heterocycles. The molecule has 0 aromatic heterocycles. The zero-order valence-corrected chi connectivity index (χ0v) is 15.0. The molecule has 94 valence electrons. The summed E-state index contributed by atoms with van der Waals surface area (Å²) >= 11 is 0. The summed E-state index contributed by atoms with van der Waals surface area (Å²) < 4.78 is 0. The van der Waals surface area contributed by atoms with Gasteiger partial charge in [0.2, 0.25) is 0 Å². The summed E-state index contributed by atoms with van der Waals surface area (Å²) in [5, 5.41) is 13.6. The van der Waals surface area contributed by atoms with Crippen LogP contribution in [0.1, 0.15) is 28.1 Å². The van der Waals surface area contributed by atoms with Gasteiger partial charge in [-0.2, -0.15) is 0 Å². The van der Waals surface area contributed by atoms with Crippen LogP contribution < -0.4 is 40.0 Å². The minimum atomic E-state index is -0.645. The normalized spacial score (nSPS) is 12.4. The van der Waals surface area contributed by atoms with E-state index in [1.54, 1.807) is 0 Å². The predicted octanol–water partition coefficient (Wildman–Crippen LogP) is -0.0212.